The van der Waals surface area contributed by atoms with E-state index >= 15 is 0 Å². The van der Waals surface area contributed by atoms with Crippen LogP contribution in [0.3, 0.4) is 0 Å². The molecule has 2 aromatic rings. The average Bonchev–Trinajstić information content (AvgIpc) is 2.67. The van der Waals surface area contributed by atoms with E-state index in [9.17, 15) is 18.0 Å². The summed E-state index contributed by atoms with van der Waals surface area (Å²) in [5.74, 6) is -0.839. The van der Waals surface area contributed by atoms with E-state index in [1.165, 1.54) is 6.20 Å². The minimum Gasteiger partial charge on any atom is -0.342 e. The van der Waals surface area contributed by atoms with Gasteiger partial charge in [-0.3, -0.25) is 4.79 Å². The molecular weight excluding hydrogens is 247 g/mol. The number of halogens is 3. The first-order chi connectivity index (χ1) is 8.35. The van der Waals surface area contributed by atoms with Gasteiger partial charge in [0.25, 0.3) is 5.91 Å². The smallest absolute Gasteiger partial charge is 0.342 e. The Morgan fingerprint density at radius 3 is 2.89 bits per heavy atom. The molecule has 0 aliphatic heterocycles. The van der Waals surface area contributed by atoms with Crippen LogP contribution in [0, 0.1) is 6.92 Å². The van der Waals surface area contributed by atoms with Crippen molar-refractivity contribution < 1.29 is 18.0 Å². The van der Waals surface area contributed by atoms with E-state index in [0.29, 0.717) is 5.65 Å². The number of pyridine rings is 1. The molecule has 4 nitrogen and oxygen atoms in total. The van der Waals surface area contributed by atoms with E-state index in [-0.39, 0.29) is 5.69 Å². The van der Waals surface area contributed by atoms with Crippen molar-refractivity contribution in [3.8, 4) is 0 Å². The largest absolute Gasteiger partial charge is 0.405 e. The summed E-state index contributed by atoms with van der Waals surface area (Å²) >= 11 is 0. The molecule has 2 rings (SSSR count). The summed E-state index contributed by atoms with van der Waals surface area (Å²) in [4.78, 5) is 15.4. The second kappa shape index (κ2) is 4.32. The number of aromatic nitrogens is 2. The van der Waals surface area contributed by atoms with Crippen molar-refractivity contribution in [2.24, 2.45) is 0 Å². The predicted octanol–water partition coefficient (Wildman–Crippen LogP) is 1.93. The number of imidazole rings is 1. The summed E-state index contributed by atoms with van der Waals surface area (Å²) in [6.07, 6.45) is -1.34. The topological polar surface area (TPSA) is 46.4 Å². The molecule has 0 spiro atoms. The van der Waals surface area contributed by atoms with E-state index in [4.69, 9.17) is 0 Å². The zero-order valence-electron chi connectivity index (χ0n) is 9.45. The van der Waals surface area contributed by atoms with Crippen molar-refractivity contribution >= 4 is 11.6 Å². The molecule has 7 heteroatoms. The SMILES string of the molecule is Cc1ccn2cc(C(=O)NCC(F)(F)F)nc2c1. The van der Waals surface area contributed by atoms with Crippen LogP contribution in [0.15, 0.2) is 24.5 Å². The molecule has 2 heterocycles. The monoisotopic (exact) mass is 257 g/mol. The Kier molecular flexibility index (Phi) is 2.98. The molecule has 0 atom stereocenters. The molecule has 0 aromatic carbocycles. The Bertz CT molecular complexity index is 589. The quantitative estimate of drug-likeness (QED) is 0.893. The van der Waals surface area contributed by atoms with E-state index in [1.807, 2.05) is 13.0 Å². The Labute approximate surface area is 100 Å². The standard InChI is InChI=1S/C11H10F3N3O/c1-7-2-3-17-5-8(16-9(17)4-7)10(18)15-6-11(12,13)14/h2-5H,6H2,1H3,(H,15,18). The number of carbonyl (C=O) groups excluding carboxylic acids is 1. The first-order valence-electron chi connectivity index (χ1n) is 5.15. The highest BCUT2D eigenvalue weighted by Crippen LogP contribution is 2.13. The molecule has 1 amide bonds. The maximum Gasteiger partial charge on any atom is 0.405 e. The van der Waals surface area contributed by atoms with Gasteiger partial charge in [0.2, 0.25) is 0 Å². The fraction of sp³-hybridized carbons (Fsp3) is 0.273. The summed E-state index contributed by atoms with van der Waals surface area (Å²) in [7, 11) is 0. The minimum atomic E-state index is -4.43. The number of hydrogen-bond acceptors (Lipinski definition) is 2. The molecule has 0 saturated heterocycles. The predicted molar refractivity (Wildman–Crippen MR) is 58.3 cm³/mol. The number of rotatable bonds is 2. The molecule has 0 aliphatic carbocycles. The normalized spacial score (nSPS) is 11.8. The second-order valence-corrected chi connectivity index (χ2v) is 3.89. The van der Waals surface area contributed by atoms with Crippen LogP contribution in [0.5, 0.6) is 0 Å². The first kappa shape index (κ1) is 12.4. The lowest BCUT2D eigenvalue weighted by Crippen LogP contribution is -2.33. The van der Waals surface area contributed by atoms with Crippen molar-refractivity contribution in [3.63, 3.8) is 0 Å². The van der Waals surface area contributed by atoms with Crippen LogP contribution in [0.1, 0.15) is 16.1 Å². The van der Waals surface area contributed by atoms with Crippen molar-refractivity contribution in [2.75, 3.05) is 6.54 Å². The highest BCUT2D eigenvalue weighted by atomic mass is 19.4. The lowest BCUT2D eigenvalue weighted by atomic mass is 10.3. The Morgan fingerprint density at radius 2 is 2.22 bits per heavy atom. The van der Waals surface area contributed by atoms with Gasteiger partial charge in [0.05, 0.1) is 0 Å². The van der Waals surface area contributed by atoms with Gasteiger partial charge in [-0.05, 0) is 24.6 Å². The zero-order chi connectivity index (χ0) is 13.3. The summed E-state index contributed by atoms with van der Waals surface area (Å²) < 4.78 is 37.4. The van der Waals surface area contributed by atoms with Gasteiger partial charge in [-0.1, -0.05) is 0 Å². The number of hydrogen-bond donors (Lipinski definition) is 1. The Hall–Kier alpha value is -2.05. The van der Waals surface area contributed by atoms with E-state index in [1.54, 1.807) is 22.0 Å². The average molecular weight is 257 g/mol. The number of alkyl halides is 3. The van der Waals surface area contributed by atoms with Crippen molar-refractivity contribution in [1.82, 2.24) is 14.7 Å². The van der Waals surface area contributed by atoms with Gasteiger partial charge in [0.15, 0.2) is 0 Å². The van der Waals surface area contributed by atoms with E-state index in [2.05, 4.69) is 4.98 Å². The van der Waals surface area contributed by atoms with E-state index < -0.39 is 18.6 Å². The number of carbonyl (C=O) groups is 1. The van der Waals surface area contributed by atoms with Gasteiger partial charge in [0.1, 0.15) is 17.9 Å². The van der Waals surface area contributed by atoms with Gasteiger partial charge >= 0.3 is 6.18 Å². The van der Waals surface area contributed by atoms with Gasteiger partial charge in [-0.15, -0.1) is 0 Å². The summed E-state index contributed by atoms with van der Waals surface area (Å²) in [6.45, 7) is 0.497. The molecule has 0 aliphatic rings. The van der Waals surface area contributed by atoms with Crippen LogP contribution >= 0.6 is 0 Å². The zero-order valence-corrected chi connectivity index (χ0v) is 9.45. The van der Waals surface area contributed by atoms with Crippen LogP contribution in [-0.4, -0.2) is 28.0 Å². The van der Waals surface area contributed by atoms with Crippen molar-refractivity contribution in [2.45, 2.75) is 13.1 Å². The van der Waals surface area contributed by atoms with Crippen LogP contribution in [0.2, 0.25) is 0 Å². The fourth-order valence-corrected chi connectivity index (χ4v) is 1.46. The van der Waals surface area contributed by atoms with Gasteiger partial charge in [-0.25, -0.2) is 4.98 Å². The number of fused-ring (bicyclic) bond motifs is 1. The van der Waals surface area contributed by atoms with Crippen molar-refractivity contribution in [3.05, 3.63) is 35.8 Å². The molecule has 0 saturated carbocycles. The minimum absolute atomic E-state index is 0.0372. The second-order valence-electron chi connectivity index (χ2n) is 3.89. The number of nitrogens with one attached hydrogen (secondary N) is 1. The molecule has 0 fully saturated rings. The third-order valence-corrected chi connectivity index (χ3v) is 2.30. The van der Waals surface area contributed by atoms with Gasteiger partial charge in [0, 0.05) is 12.4 Å². The van der Waals surface area contributed by atoms with E-state index in [0.717, 1.165) is 5.56 Å². The Morgan fingerprint density at radius 1 is 1.50 bits per heavy atom. The number of aryl methyl sites for hydroxylation is 1. The lowest BCUT2D eigenvalue weighted by Gasteiger charge is -2.06. The van der Waals surface area contributed by atoms with Crippen LogP contribution in [0.25, 0.3) is 5.65 Å². The summed E-state index contributed by atoms with van der Waals surface area (Å²) in [5.41, 5.74) is 1.44. The molecule has 0 radical (unpaired) electrons. The molecule has 18 heavy (non-hydrogen) atoms. The number of amides is 1. The highest BCUT2D eigenvalue weighted by Gasteiger charge is 2.28. The van der Waals surface area contributed by atoms with Crippen LogP contribution in [0.4, 0.5) is 13.2 Å². The molecule has 2 aromatic heterocycles. The fourth-order valence-electron chi connectivity index (χ4n) is 1.46. The molecular formula is C11H10F3N3O. The highest BCUT2D eigenvalue weighted by molar-refractivity contribution is 5.92. The van der Waals surface area contributed by atoms with Gasteiger partial charge < -0.3 is 9.72 Å². The maximum atomic E-state index is 11.9. The summed E-state index contributed by atoms with van der Waals surface area (Å²) in [5, 5.41) is 1.77. The van der Waals surface area contributed by atoms with Crippen molar-refractivity contribution in [1.29, 1.82) is 0 Å². The summed E-state index contributed by atoms with van der Waals surface area (Å²) in [6, 6.07) is 3.55. The van der Waals surface area contributed by atoms with Gasteiger partial charge in [-0.2, -0.15) is 13.2 Å². The molecule has 1 N–H and O–H groups in total. The first-order valence-corrected chi connectivity index (χ1v) is 5.15. The number of nitrogens with zero attached hydrogens (tertiary/aromatic N) is 2. The third kappa shape index (κ3) is 2.79. The molecule has 0 bridgehead atoms. The van der Waals surface area contributed by atoms with Crippen LogP contribution in [-0.2, 0) is 0 Å². The third-order valence-electron chi connectivity index (χ3n) is 2.30. The molecule has 0 unspecified atom stereocenters. The van der Waals surface area contributed by atoms with Crippen LogP contribution < -0.4 is 5.32 Å². The molecule has 96 valence electrons. The Balaban J connectivity index is 2.18. The maximum absolute atomic E-state index is 11.9. The lowest BCUT2D eigenvalue weighted by molar-refractivity contribution is -0.123.